The molecule has 0 radical (unpaired) electrons. The number of aromatic nitrogens is 1. The summed E-state index contributed by atoms with van der Waals surface area (Å²) in [6.45, 7) is 0. The highest BCUT2D eigenvalue weighted by Gasteiger charge is 2.15. The fraction of sp³-hybridized carbons (Fsp3) is 0.0909. The Kier molecular flexibility index (Phi) is 3.14. The molecule has 1 aromatic heterocycles. The molecule has 1 unspecified atom stereocenters. The summed E-state index contributed by atoms with van der Waals surface area (Å²) in [6, 6.07) is 7.32. The van der Waals surface area contributed by atoms with Crippen molar-refractivity contribution in [2.24, 2.45) is 0 Å². The summed E-state index contributed by atoms with van der Waals surface area (Å²) in [5.41, 5.74) is 1.50. The highest BCUT2D eigenvalue weighted by atomic mass is 79.9. The monoisotopic (exact) mass is 285 g/mol. The lowest BCUT2D eigenvalue weighted by Gasteiger charge is -2.11. The first-order chi connectivity index (χ1) is 7.20. The quantitative estimate of drug-likeness (QED) is 0.871. The summed E-state index contributed by atoms with van der Waals surface area (Å²) in [4.78, 5) is 2.90. The van der Waals surface area contributed by atoms with Crippen LogP contribution in [0.3, 0.4) is 0 Å². The van der Waals surface area contributed by atoms with Crippen LogP contribution < -0.4 is 0 Å². The molecule has 0 bridgehead atoms. The van der Waals surface area contributed by atoms with Gasteiger partial charge in [0.05, 0.1) is 5.02 Å². The number of hydrogen-bond acceptors (Lipinski definition) is 1. The SMILES string of the molecule is OC(c1cc[nH]c1)c1cccc(Br)c1Cl. The Balaban J connectivity index is 2.42. The second-order valence-electron chi connectivity index (χ2n) is 3.19. The molecule has 1 atom stereocenters. The van der Waals surface area contributed by atoms with Crippen LogP contribution in [0.5, 0.6) is 0 Å². The number of aromatic amines is 1. The zero-order valence-corrected chi connectivity index (χ0v) is 10.1. The molecule has 2 nitrogen and oxygen atoms in total. The number of hydrogen-bond donors (Lipinski definition) is 2. The molecule has 4 heteroatoms. The molecule has 0 spiro atoms. The van der Waals surface area contributed by atoms with Gasteiger partial charge < -0.3 is 10.1 Å². The Morgan fingerprint density at radius 2 is 2.13 bits per heavy atom. The van der Waals surface area contributed by atoms with Crippen LogP contribution in [-0.2, 0) is 0 Å². The Morgan fingerprint density at radius 1 is 1.33 bits per heavy atom. The molecule has 0 aliphatic heterocycles. The van der Waals surface area contributed by atoms with Gasteiger partial charge in [0.15, 0.2) is 0 Å². The van der Waals surface area contributed by atoms with Gasteiger partial charge in [-0.05, 0) is 28.1 Å². The van der Waals surface area contributed by atoms with Gasteiger partial charge in [-0.1, -0.05) is 23.7 Å². The standard InChI is InChI=1S/C11H9BrClNO/c12-9-3-1-2-8(10(9)13)11(15)7-4-5-14-6-7/h1-6,11,14-15H. The van der Waals surface area contributed by atoms with Crippen LogP contribution in [0, 0.1) is 0 Å². The highest BCUT2D eigenvalue weighted by molar-refractivity contribution is 9.10. The minimum Gasteiger partial charge on any atom is -0.384 e. The van der Waals surface area contributed by atoms with E-state index in [2.05, 4.69) is 20.9 Å². The van der Waals surface area contributed by atoms with Crippen molar-refractivity contribution in [3.63, 3.8) is 0 Å². The number of nitrogens with one attached hydrogen (secondary N) is 1. The zero-order valence-electron chi connectivity index (χ0n) is 7.74. The summed E-state index contributed by atoms with van der Waals surface area (Å²) >= 11 is 9.41. The lowest BCUT2D eigenvalue weighted by molar-refractivity contribution is 0.220. The minimum absolute atomic E-state index is 0.547. The number of H-pyrrole nitrogens is 1. The average Bonchev–Trinajstić information content (AvgIpc) is 2.74. The molecule has 15 heavy (non-hydrogen) atoms. The first kappa shape index (κ1) is 10.7. The first-order valence-electron chi connectivity index (χ1n) is 4.45. The Hall–Kier alpha value is -0.770. The van der Waals surface area contributed by atoms with Crippen molar-refractivity contribution < 1.29 is 5.11 Å². The van der Waals surface area contributed by atoms with Crippen molar-refractivity contribution in [1.82, 2.24) is 4.98 Å². The third-order valence-corrected chi connectivity index (χ3v) is 3.52. The van der Waals surface area contributed by atoms with E-state index in [9.17, 15) is 5.11 Å². The van der Waals surface area contributed by atoms with Crippen LogP contribution in [0.2, 0.25) is 5.02 Å². The Bertz CT molecular complexity index is 456. The molecule has 1 aromatic carbocycles. The van der Waals surface area contributed by atoms with E-state index in [1.807, 2.05) is 24.3 Å². The lowest BCUT2D eigenvalue weighted by Crippen LogP contribution is -1.99. The normalized spacial score (nSPS) is 12.7. The third kappa shape index (κ3) is 2.09. The van der Waals surface area contributed by atoms with Crippen molar-refractivity contribution in [3.8, 4) is 0 Å². The Morgan fingerprint density at radius 3 is 2.80 bits per heavy atom. The predicted molar refractivity (Wildman–Crippen MR) is 64.0 cm³/mol. The lowest BCUT2D eigenvalue weighted by atomic mass is 10.0. The van der Waals surface area contributed by atoms with Crippen LogP contribution >= 0.6 is 27.5 Å². The van der Waals surface area contributed by atoms with Crippen molar-refractivity contribution in [2.75, 3.05) is 0 Å². The summed E-state index contributed by atoms with van der Waals surface area (Å²) in [7, 11) is 0. The average molecular weight is 287 g/mol. The van der Waals surface area contributed by atoms with Crippen molar-refractivity contribution in [3.05, 3.63) is 57.3 Å². The number of rotatable bonds is 2. The van der Waals surface area contributed by atoms with Crippen LogP contribution in [0.4, 0.5) is 0 Å². The first-order valence-corrected chi connectivity index (χ1v) is 5.62. The van der Waals surface area contributed by atoms with Gasteiger partial charge in [-0.25, -0.2) is 0 Å². The largest absolute Gasteiger partial charge is 0.384 e. The molecule has 0 fully saturated rings. The van der Waals surface area contributed by atoms with Crippen LogP contribution in [0.25, 0.3) is 0 Å². The molecule has 0 aliphatic rings. The van der Waals surface area contributed by atoms with Crippen LogP contribution in [0.1, 0.15) is 17.2 Å². The van der Waals surface area contributed by atoms with Crippen LogP contribution in [0.15, 0.2) is 41.1 Å². The van der Waals surface area contributed by atoms with Crippen molar-refractivity contribution in [1.29, 1.82) is 0 Å². The summed E-state index contributed by atoms with van der Waals surface area (Å²) in [5, 5.41) is 10.6. The topological polar surface area (TPSA) is 36.0 Å². The molecule has 0 amide bonds. The van der Waals surface area contributed by atoms with E-state index < -0.39 is 6.10 Å². The fourth-order valence-corrected chi connectivity index (χ4v) is 2.03. The predicted octanol–water partition coefficient (Wildman–Crippen LogP) is 3.51. The Labute approximate surface area is 101 Å². The molecular formula is C11H9BrClNO. The number of aliphatic hydroxyl groups is 1. The van der Waals surface area contributed by atoms with Gasteiger partial charge in [-0.3, -0.25) is 0 Å². The summed E-state index contributed by atoms with van der Waals surface area (Å²) < 4.78 is 0.788. The van der Waals surface area contributed by atoms with E-state index in [4.69, 9.17) is 11.6 Å². The van der Waals surface area contributed by atoms with Gasteiger partial charge in [0.25, 0.3) is 0 Å². The number of halogens is 2. The van der Waals surface area contributed by atoms with E-state index in [-0.39, 0.29) is 0 Å². The molecule has 0 saturated heterocycles. The smallest absolute Gasteiger partial charge is 0.107 e. The molecule has 0 aliphatic carbocycles. The van der Waals surface area contributed by atoms with E-state index >= 15 is 0 Å². The number of aliphatic hydroxyl groups excluding tert-OH is 1. The van der Waals surface area contributed by atoms with Gasteiger partial charge >= 0.3 is 0 Å². The second kappa shape index (κ2) is 4.39. The third-order valence-electron chi connectivity index (χ3n) is 2.21. The molecule has 2 aromatic rings. The van der Waals surface area contributed by atoms with Gasteiger partial charge in [-0.2, -0.15) is 0 Å². The highest BCUT2D eigenvalue weighted by Crippen LogP contribution is 2.32. The number of benzene rings is 1. The maximum Gasteiger partial charge on any atom is 0.107 e. The second-order valence-corrected chi connectivity index (χ2v) is 4.42. The van der Waals surface area contributed by atoms with Crippen molar-refractivity contribution >= 4 is 27.5 Å². The summed E-state index contributed by atoms with van der Waals surface area (Å²) in [5.74, 6) is 0. The maximum absolute atomic E-state index is 10.1. The van der Waals surface area contributed by atoms with E-state index in [0.29, 0.717) is 10.6 Å². The molecule has 2 rings (SSSR count). The molecule has 2 N–H and O–H groups in total. The van der Waals surface area contributed by atoms with Crippen LogP contribution in [-0.4, -0.2) is 10.1 Å². The van der Waals surface area contributed by atoms with Gasteiger partial charge in [-0.15, -0.1) is 0 Å². The van der Waals surface area contributed by atoms with Gasteiger partial charge in [0, 0.05) is 28.0 Å². The van der Waals surface area contributed by atoms with Gasteiger partial charge in [0.1, 0.15) is 6.10 Å². The minimum atomic E-state index is -0.693. The fourth-order valence-electron chi connectivity index (χ4n) is 1.42. The molecule has 78 valence electrons. The maximum atomic E-state index is 10.1. The molecular weight excluding hydrogens is 277 g/mol. The van der Waals surface area contributed by atoms with E-state index in [0.717, 1.165) is 10.0 Å². The molecule has 1 heterocycles. The van der Waals surface area contributed by atoms with Crippen molar-refractivity contribution in [2.45, 2.75) is 6.10 Å². The summed E-state index contributed by atoms with van der Waals surface area (Å²) in [6.07, 6.45) is 2.83. The zero-order chi connectivity index (χ0) is 10.8. The van der Waals surface area contributed by atoms with Gasteiger partial charge in [0.2, 0.25) is 0 Å². The van der Waals surface area contributed by atoms with E-state index in [1.165, 1.54) is 0 Å². The van der Waals surface area contributed by atoms with E-state index in [1.54, 1.807) is 12.4 Å². The molecule has 0 saturated carbocycles.